The first kappa shape index (κ1) is 12.8. The van der Waals surface area contributed by atoms with Crippen LogP contribution in [0.5, 0.6) is 0 Å². The molecule has 1 saturated carbocycles. The number of likely N-dealkylation sites (N-methyl/N-ethyl adjacent to an activating group) is 1. The lowest BCUT2D eigenvalue weighted by molar-refractivity contribution is 0.384. The van der Waals surface area contributed by atoms with Gasteiger partial charge in [-0.2, -0.15) is 0 Å². The molecule has 0 bridgehead atoms. The van der Waals surface area contributed by atoms with Gasteiger partial charge in [0.1, 0.15) is 0 Å². The van der Waals surface area contributed by atoms with Crippen LogP contribution in [0.15, 0.2) is 18.2 Å². The minimum atomic E-state index is 0.195. The minimum absolute atomic E-state index is 0.195. The molecule has 0 amide bonds. The maximum Gasteiger partial charge on any atom is 0.0618 e. The molecule has 0 spiro atoms. The van der Waals surface area contributed by atoms with Crippen molar-refractivity contribution >= 4 is 11.4 Å². The van der Waals surface area contributed by atoms with Crippen LogP contribution in [0.1, 0.15) is 52.0 Å². The summed E-state index contributed by atoms with van der Waals surface area (Å²) < 4.78 is 0. The second-order valence-electron chi connectivity index (χ2n) is 7.16. The van der Waals surface area contributed by atoms with Gasteiger partial charge in [-0.15, -0.1) is 0 Å². The van der Waals surface area contributed by atoms with Crippen LogP contribution in [0.4, 0.5) is 11.4 Å². The van der Waals surface area contributed by atoms with Gasteiger partial charge in [0.05, 0.1) is 11.4 Å². The van der Waals surface area contributed by atoms with E-state index in [4.69, 9.17) is 0 Å². The normalized spacial score (nSPS) is 26.4. The molecule has 0 saturated heterocycles. The summed E-state index contributed by atoms with van der Waals surface area (Å²) in [4.78, 5) is 2.52. The van der Waals surface area contributed by atoms with E-state index >= 15 is 0 Å². The molecular weight excluding hydrogens is 232 g/mol. The van der Waals surface area contributed by atoms with Crippen LogP contribution in [-0.4, -0.2) is 19.1 Å². The zero-order chi connectivity index (χ0) is 13.6. The number of hydrogen-bond acceptors (Lipinski definition) is 2. The van der Waals surface area contributed by atoms with Crippen LogP contribution in [0.25, 0.3) is 0 Å². The van der Waals surface area contributed by atoms with E-state index in [9.17, 15) is 0 Å². The Morgan fingerprint density at radius 2 is 1.89 bits per heavy atom. The summed E-state index contributed by atoms with van der Waals surface area (Å²) in [5, 5.41) is 3.86. The van der Waals surface area contributed by atoms with Crippen molar-refractivity contribution in [1.29, 1.82) is 0 Å². The maximum atomic E-state index is 3.86. The highest BCUT2D eigenvalue weighted by atomic mass is 15.2. The highest BCUT2D eigenvalue weighted by Gasteiger charge is 2.35. The maximum absolute atomic E-state index is 3.86. The van der Waals surface area contributed by atoms with Gasteiger partial charge >= 0.3 is 0 Å². The van der Waals surface area contributed by atoms with Gasteiger partial charge in [-0.1, -0.05) is 45.7 Å². The van der Waals surface area contributed by atoms with Crippen molar-refractivity contribution in [2.24, 2.45) is 0 Å². The van der Waals surface area contributed by atoms with Crippen LogP contribution in [0, 0.1) is 0 Å². The van der Waals surface area contributed by atoms with E-state index in [1.54, 1.807) is 0 Å². The average Bonchev–Trinajstić information content (AvgIpc) is 2.37. The van der Waals surface area contributed by atoms with Gasteiger partial charge in [0, 0.05) is 19.1 Å². The van der Waals surface area contributed by atoms with Crippen molar-refractivity contribution in [1.82, 2.24) is 0 Å². The molecule has 2 heteroatoms. The fourth-order valence-corrected chi connectivity index (χ4v) is 3.72. The molecule has 1 aliphatic heterocycles. The number of para-hydroxylation sites is 1. The molecule has 1 N–H and O–H groups in total. The predicted molar refractivity (Wildman–Crippen MR) is 83.2 cm³/mol. The lowest BCUT2D eigenvalue weighted by atomic mass is 9.81. The second kappa shape index (κ2) is 4.43. The van der Waals surface area contributed by atoms with Gasteiger partial charge in [-0.3, -0.25) is 0 Å². The molecule has 2 nitrogen and oxygen atoms in total. The van der Waals surface area contributed by atoms with Crippen LogP contribution in [0.2, 0.25) is 0 Å². The summed E-state index contributed by atoms with van der Waals surface area (Å²) in [6.07, 6.45) is 5.39. The molecule has 1 aromatic rings. The number of fused-ring (bicyclic) bond motifs is 2. The summed E-state index contributed by atoms with van der Waals surface area (Å²) in [7, 11) is 2.27. The second-order valence-corrected chi connectivity index (χ2v) is 7.16. The predicted octanol–water partition coefficient (Wildman–Crippen LogP) is 4.16. The van der Waals surface area contributed by atoms with E-state index in [0.29, 0.717) is 12.1 Å². The zero-order valence-corrected chi connectivity index (χ0v) is 12.7. The fourth-order valence-electron chi connectivity index (χ4n) is 3.72. The van der Waals surface area contributed by atoms with Crippen molar-refractivity contribution in [3.63, 3.8) is 0 Å². The molecule has 2 unspecified atom stereocenters. The van der Waals surface area contributed by atoms with Crippen molar-refractivity contribution in [3.8, 4) is 0 Å². The third-order valence-electron chi connectivity index (χ3n) is 4.79. The SMILES string of the molecule is CN1c2cccc(C(C)(C)C)c2NC2CCCCC21. The smallest absolute Gasteiger partial charge is 0.0618 e. The quantitative estimate of drug-likeness (QED) is 0.752. The number of nitrogens with zero attached hydrogens (tertiary/aromatic N) is 1. The average molecular weight is 258 g/mol. The Hall–Kier alpha value is -1.18. The van der Waals surface area contributed by atoms with Crippen molar-refractivity contribution in [3.05, 3.63) is 23.8 Å². The lowest BCUT2D eigenvalue weighted by Gasteiger charge is -2.46. The number of hydrogen-bond donors (Lipinski definition) is 1. The highest BCUT2D eigenvalue weighted by Crippen LogP contribution is 2.43. The van der Waals surface area contributed by atoms with Crippen molar-refractivity contribution < 1.29 is 0 Å². The van der Waals surface area contributed by atoms with E-state index in [1.165, 1.54) is 42.6 Å². The van der Waals surface area contributed by atoms with Gasteiger partial charge in [-0.25, -0.2) is 0 Å². The molecule has 2 atom stereocenters. The molecule has 104 valence electrons. The molecule has 1 aliphatic carbocycles. The van der Waals surface area contributed by atoms with Crippen molar-refractivity contribution in [2.45, 2.75) is 64.0 Å². The number of benzene rings is 1. The molecule has 1 fully saturated rings. The Morgan fingerprint density at radius 1 is 1.16 bits per heavy atom. The summed E-state index contributed by atoms with van der Waals surface area (Å²) >= 11 is 0. The van der Waals surface area contributed by atoms with E-state index < -0.39 is 0 Å². The Balaban J connectivity index is 2.06. The molecule has 0 radical (unpaired) electrons. The fraction of sp³-hybridized carbons (Fsp3) is 0.647. The van der Waals surface area contributed by atoms with Crippen LogP contribution >= 0.6 is 0 Å². The third kappa shape index (κ3) is 2.11. The van der Waals surface area contributed by atoms with E-state index in [1.807, 2.05) is 0 Å². The monoisotopic (exact) mass is 258 g/mol. The number of anilines is 2. The first-order valence-corrected chi connectivity index (χ1v) is 7.61. The van der Waals surface area contributed by atoms with Gasteiger partial charge in [-0.05, 0) is 29.9 Å². The topological polar surface area (TPSA) is 15.3 Å². The molecule has 19 heavy (non-hydrogen) atoms. The Labute approximate surface area is 117 Å². The number of nitrogens with one attached hydrogen (secondary N) is 1. The Kier molecular flexibility index (Phi) is 2.99. The molecular formula is C17H26N2. The van der Waals surface area contributed by atoms with Gasteiger partial charge in [0.2, 0.25) is 0 Å². The third-order valence-corrected chi connectivity index (χ3v) is 4.79. The van der Waals surface area contributed by atoms with Gasteiger partial charge in [0.25, 0.3) is 0 Å². The van der Waals surface area contributed by atoms with E-state index in [2.05, 4.69) is 56.2 Å². The first-order chi connectivity index (χ1) is 8.98. The van der Waals surface area contributed by atoms with Crippen LogP contribution < -0.4 is 10.2 Å². The summed E-state index contributed by atoms with van der Waals surface area (Å²) in [5.41, 5.74) is 4.40. The molecule has 1 heterocycles. The lowest BCUT2D eigenvalue weighted by Crippen LogP contribution is -2.51. The Morgan fingerprint density at radius 3 is 2.63 bits per heavy atom. The van der Waals surface area contributed by atoms with Gasteiger partial charge in [0.15, 0.2) is 0 Å². The van der Waals surface area contributed by atoms with E-state index in [-0.39, 0.29) is 5.41 Å². The standard InChI is InChI=1S/C17H26N2/c1-17(2,3)12-8-7-11-15-16(12)18-13-9-5-6-10-14(13)19(15)4/h7-8,11,13-14,18H,5-6,9-10H2,1-4H3. The van der Waals surface area contributed by atoms with Crippen molar-refractivity contribution in [2.75, 3.05) is 17.3 Å². The highest BCUT2D eigenvalue weighted by molar-refractivity contribution is 5.77. The van der Waals surface area contributed by atoms with Crippen LogP contribution in [0.3, 0.4) is 0 Å². The summed E-state index contributed by atoms with van der Waals surface area (Å²) in [5.74, 6) is 0. The largest absolute Gasteiger partial charge is 0.378 e. The summed E-state index contributed by atoms with van der Waals surface area (Å²) in [6.45, 7) is 6.91. The molecule has 1 aromatic carbocycles. The van der Waals surface area contributed by atoms with E-state index in [0.717, 1.165) is 0 Å². The zero-order valence-electron chi connectivity index (χ0n) is 12.7. The van der Waals surface area contributed by atoms with Gasteiger partial charge < -0.3 is 10.2 Å². The first-order valence-electron chi connectivity index (χ1n) is 7.61. The minimum Gasteiger partial charge on any atom is -0.378 e. The molecule has 0 aromatic heterocycles. The molecule has 3 rings (SSSR count). The number of rotatable bonds is 0. The Bertz CT molecular complexity index is 473. The summed E-state index contributed by atoms with van der Waals surface area (Å²) in [6, 6.07) is 8.07. The van der Waals surface area contributed by atoms with Crippen LogP contribution in [-0.2, 0) is 5.41 Å². The molecule has 2 aliphatic rings.